The first kappa shape index (κ1) is 18.5. The Morgan fingerprint density at radius 3 is 2.52 bits per heavy atom. The molecule has 1 heterocycles. The summed E-state index contributed by atoms with van der Waals surface area (Å²) in [6.07, 6.45) is 1.29. The molecule has 2 aromatic carbocycles. The van der Waals surface area contributed by atoms with Gasteiger partial charge in [0.25, 0.3) is 0 Å². The molecule has 3 amide bonds. The average molecular weight is 362 g/mol. The molecule has 0 bridgehead atoms. The Bertz CT molecular complexity index is 837. The molecular weight excluding hydrogens is 340 g/mol. The van der Waals surface area contributed by atoms with E-state index in [0.29, 0.717) is 38.0 Å². The summed E-state index contributed by atoms with van der Waals surface area (Å²) in [6.45, 7) is 1.52. The van der Waals surface area contributed by atoms with Crippen molar-refractivity contribution in [2.75, 3.05) is 18.4 Å². The second-order valence-electron chi connectivity index (χ2n) is 6.59. The lowest BCUT2D eigenvalue weighted by atomic mass is 9.96. The first-order valence-electron chi connectivity index (χ1n) is 9.03. The van der Waals surface area contributed by atoms with Gasteiger partial charge in [-0.2, -0.15) is 5.26 Å². The first-order valence-corrected chi connectivity index (χ1v) is 9.03. The van der Waals surface area contributed by atoms with Gasteiger partial charge in [-0.25, -0.2) is 4.79 Å². The summed E-state index contributed by atoms with van der Waals surface area (Å²) in [5.41, 5.74) is 2.25. The number of anilines is 1. The quantitative estimate of drug-likeness (QED) is 0.876. The maximum atomic E-state index is 12.4. The van der Waals surface area contributed by atoms with Crippen LogP contribution in [0, 0.1) is 17.2 Å². The number of amides is 3. The molecule has 2 N–H and O–H groups in total. The summed E-state index contributed by atoms with van der Waals surface area (Å²) in [6, 6.07) is 18.5. The fourth-order valence-electron chi connectivity index (χ4n) is 3.15. The molecule has 1 aliphatic rings. The minimum absolute atomic E-state index is 0.000443. The zero-order valence-electron chi connectivity index (χ0n) is 15.0. The second-order valence-corrected chi connectivity index (χ2v) is 6.59. The number of nitrogens with zero attached hydrogens (tertiary/aromatic N) is 2. The van der Waals surface area contributed by atoms with Crippen molar-refractivity contribution in [2.45, 2.75) is 19.4 Å². The lowest BCUT2D eigenvalue weighted by Gasteiger charge is -2.31. The molecule has 0 aromatic heterocycles. The fourth-order valence-corrected chi connectivity index (χ4v) is 3.15. The highest BCUT2D eigenvalue weighted by molar-refractivity contribution is 5.89. The number of para-hydroxylation sites is 1. The number of rotatable bonds is 4. The van der Waals surface area contributed by atoms with Crippen molar-refractivity contribution in [2.24, 2.45) is 5.92 Å². The maximum Gasteiger partial charge on any atom is 0.321 e. The maximum absolute atomic E-state index is 12.4. The van der Waals surface area contributed by atoms with Crippen LogP contribution in [0.15, 0.2) is 54.6 Å². The number of carbonyl (C=O) groups is 2. The van der Waals surface area contributed by atoms with Crippen molar-refractivity contribution in [3.05, 3.63) is 65.7 Å². The zero-order chi connectivity index (χ0) is 19.1. The molecule has 0 spiro atoms. The van der Waals surface area contributed by atoms with Crippen LogP contribution in [-0.2, 0) is 11.3 Å². The van der Waals surface area contributed by atoms with E-state index in [1.807, 2.05) is 42.5 Å². The van der Waals surface area contributed by atoms with Crippen LogP contribution in [0.4, 0.5) is 10.5 Å². The molecule has 1 aliphatic heterocycles. The van der Waals surface area contributed by atoms with Crippen LogP contribution in [-0.4, -0.2) is 29.9 Å². The number of benzene rings is 2. The van der Waals surface area contributed by atoms with E-state index in [0.717, 1.165) is 11.3 Å². The number of nitriles is 1. The van der Waals surface area contributed by atoms with Crippen LogP contribution in [0.3, 0.4) is 0 Å². The van der Waals surface area contributed by atoms with Gasteiger partial charge in [-0.15, -0.1) is 0 Å². The van der Waals surface area contributed by atoms with Gasteiger partial charge in [-0.05, 0) is 42.7 Å². The van der Waals surface area contributed by atoms with E-state index in [9.17, 15) is 9.59 Å². The van der Waals surface area contributed by atoms with Crippen LogP contribution in [0.2, 0.25) is 0 Å². The van der Waals surface area contributed by atoms with Gasteiger partial charge < -0.3 is 15.5 Å². The smallest absolute Gasteiger partial charge is 0.321 e. The van der Waals surface area contributed by atoms with Gasteiger partial charge in [0.05, 0.1) is 11.6 Å². The molecule has 2 aromatic rings. The number of likely N-dealkylation sites (tertiary alicyclic amines) is 1. The third-order valence-corrected chi connectivity index (χ3v) is 4.70. The third-order valence-electron chi connectivity index (χ3n) is 4.70. The standard InChI is InChI=1S/C21H22N4O2/c22-14-16-5-4-6-17(13-16)15-23-20(26)18-9-11-25(12-10-18)21(27)24-19-7-2-1-3-8-19/h1-8,13,18H,9-12,15H2,(H,23,26)(H,24,27). The predicted octanol–water partition coefficient (Wildman–Crippen LogP) is 3.12. The molecule has 0 atom stereocenters. The summed E-state index contributed by atoms with van der Waals surface area (Å²) >= 11 is 0. The normalized spacial score (nSPS) is 14.3. The van der Waals surface area contributed by atoms with Gasteiger partial charge in [0.15, 0.2) is 0 Å². The van der Waals surface area contributed by atoms with Crippen LogP contribution in [0.1, 0.15) is 24.0 Å². The topological polar surface area (TPSA) is 85.2 Å². The number of urea groups is 1. The van der Waals surface area contributed by atoms with E-state index in [2.05, 4.69) is 16.7 Å². The molecule has 0 radical (unpaired) electrons. The van der Waals surface area contributed by atoms with Crippen molar-refractivity contribution in [3.63, 3.8) is 0 Å². The van der Waals surface area contributed by atoms with E-state index < -0.39 is 0 Å². The van der Waals surface area contributed by atoms with Crippen LogP contribution in [0.5, 0.6) is 0 Å². The third kappa shape index (κ3) is 5.08. The van der Waals surface area contributed by atoms with Crippen molar-refractivity contribution >= 4 is 17.6 Å². The molecule has 1 saturated heterocycles. The Labute approximate surface area is 158 Å². The lowest BCUT2D eigenvalue weighted by molar-refractivity contribution is -0.126. The number of hydrogen-bond acceptors (Lipinski definition) is 3. The Balaban J connectivity index is 1.45. The largest absolute Gasteiger partial charge is 0.352 e. The molecule has 1 fully saturated rings. The van der Waals surface area contributed by atoms with E-state index in [-0.39, 0.29) is 17.9 Å². The highest BCUT2D eigenvalue weighted by Crippen LogP contribution is 2.19. The number of carbonyl (C=O) groups excluding carboxylic acids is 2. The zero-order valence-corrected chi connectivity index (χ0v) is 15.0. The summed E-state index contributed by atoms with van der Waals surface area (Å²) in [5, 5.41) is 14.7. The van der Waals surface area contributed by atoms with Gasteiger partial charge in [0.2, 0.25) is 5.91 Å². The minimum Gasteiger partial charge on any atom is -0.352 e. The fraction of sp³-hybridized carbons (Fsp3) is 0.286. The highest BCUT2D eigenvalue weighted by Gasteiger charge is 2.27. The predicted molar refractivity (Wildman–Crippen MR) is 103 cm³/mol. The molecule has 6 heteroatoms. The Kier molecular flexibility index (Phi) is 6.06. The van der Waals surface area contributed by atoms with Crippen LogP contribution >= 0.6 is 0 Å². The molecule has 0 unspecified atom stereocenters. The molecule has 3 rings (SSSR count). The summed E-state index contributed by atoms with van der Waals surface area (Å²) in [7, 11) is 0. The van der Waals surface area contributed by atoms with Gasteiger partial charge in [0, 0.05) is 31.2 Å². The monoisotopic (exact) mass is 362 g/mol. The summed E-state index contributed by atoms with van der Waals surface area (Å²) < 4.78 is 0. The summed E-state index contributed by atoms with van der Waals surface area (Å²) in [5.74, 6) is -0.0922. The van der Waals surface area contributed by atoms with Crippen molar-refractivity contribution in [1.82, 2.24) is 10.2 Å². The number of piperidine rings is 1. The van der Waals surface area contributed by atoms with Gasteiger partial charge in [-0.1, -0.05) is 30.3 Å². The molecule has 138 valence electrons. The highest BCUT2D eigenvalue weighted by atomic mass is 16.2. The Morgan fingerprint density at radius 1 is 1.07 bits per heavy atom. The van der Waals surface area contributed by atoms with Gasteiger partial charge in [-0.3, -0.25) is 4.79 Å². The molecule has 6 nitrogen and oxygen atoms in total. The Morgan fingerprint density at radius 2 is 1.81 bits per heavy atom. The molecule has 0 saturated carbocycles. The van der Waals surface area contributed by atoms with E-state index >= 15 is 0 Å². The minimum atomic E-state index is -0.131. The van der Waals surface area contributed by atoms with Crippen molar-refractivity contribution in [1.29, 1.82) is 5.26 Å². The van der Waals surface area contributed by atoms with Crippen molar-refractivity contribution in [3.8, 4) is 6.07 Å². The number of nitrogens with one attached hydrogen (secondary N) is 2. The van der Waals surface area contributed by atoms with E-state index in [4.69, 9.17) is 5.26 Å². The van der Waals surface area contributed by atoms with Crippen LogP contribution < -0.4 is 10.6 Å². The number of hydrogen-bond donors (Lipinski definition) is 2. The molecule has 0 aliphatic carbocycles. The van der Waals surface area contributed by atoms with E-state index in [1.165, 1.54) is 0 Å². The second kappa shape index (κ2) is 8.86. The van der Waals surface area contributed by atoms with Gasteiger partial charge >= 0.3 is 6.03 Å². The molecule has 27 heavy (non-hydrogen) atoms. The van der Waals surface area contributed by atoms with Gasteiger partial charge in [0.1, 0.15) is 0 Å². The van der Waals surface area contributed by atoms with E-state index in [1.54, 1.807) is 17.0 Å². The summed E-state index contributed by atoms with van der Waals surface area (Å²) in [4.78, 5) is 26.4. The van der Waals surface area contributed by atoms with Crippen molar-refractivity contribution < 1.29 is 9.59 Å². The average Bonchev–Trinajstić information content (AvgIpc) is 2.73. The first-order chi connectivity index (χ1) is 13.2. The Hall–Kier alpha value is -3.33. The lowest BCUT2D eigenvalue weighted by Crippen LogP contribution is -2.44. The molecular formula is C21H22N4O2. The van der Waals surface area contributed by atoms with Crippen LogP contribution in [0.25, 0.3) is 0 Å². The SMILES string of the molecule is N#Cc1cccc(CNC(=O)C2CCN(C(=O)Nc3ccccc3)CC2)c1.